The molecule has 2 aliphatic carbocycles. The Morgan fingerprint density at radius 3 is 2.31 bits per heavy atom. The molecule has 2 aliphatic rings. The molecule has 0 aliphatic heterocycles. The zero-order valence-electron chi connectivity index (χ0n) is 15.3. The maximum Gasteiger partial charge on any atom is -0.0149 e. The maximum absolute atomic E-state index is 12.5. The summed E-state index contributed by atoms with van der Waals surface area (Å²) < 4.78 is 4.12. The van der Waals surface area contributed by atoms with E-state index < -0.39 is 16.8 Å². The van der Waals surface area contributed by atoms with E-state index in [-0.39, 0.29) is 16.9 Å². The van der Waals surface area contributed by atoms with Crippen molar-refractivity contribution in [2.24, 2.45) is 11.8 Å². The fourth-order valence-electron chi connectivity index (χ4n) is 3.84. The molecule has 2 nitrogen and oxygen atoms in total. The first-order chi connectivity index (χ1) is 12.0. The minimum atomic E-state index is -2.37. The summed E-state index contributed by atoms with van der Waals surface area (Å²) in [4.78, 5) is 12.5. The second-order valence-corrected chi connectivity index (χ2v) is 14.1. The van der Waals surface area contributed by atoms with Crippen LogP contribution in [0.15, 0.2) is 79.9 Å². The van der Waals surface area contributed by atoms with Crippen LogP contribution < -0.4 is 3.80 Å². The molecule has 1 aromatic rings. The van der Waals surface area contributed by atoms with Crippen molar-refractivity contribution in [3.05, 3.63) is 85.5 Å². The number of carbonyl (C=O) groups excluding carboxylic acids is 1. The summed E-state index contributed by atoms with van der Waals surface area (Å²) in [6, 6.07) is 9.59. The molecule has 1 N–H and O–H groups in total. The van der Waals surface area contributed by atoms with Crippen LogP contribution in [0.4, 0.5) is 0 Å². The van der Waals surface area contributed by atoms with Crippen LogP contribution in [0.1, 0.15) is 23.2 Å². The number of fused-ring (bicyclic) bond motifs is 1. The van der Waals surface area contributed by atoms with Crippen LogP contribution in [0.5, 0.6) is 0 Å². The van der Waals surface area contributed by atoms with E-state index in [2.05, 4.69) is 51.7 Å². The first-order valence-corrected chi connectivity index (χ1v) is 13.8. The van der Waals surface area contributed by atoms with Crippen molar-refractivity contribution in [3.63, 3.8) is 0 Å². The molecular formula is C22H33NOSiTi. The second-order valence-electron chi connectivity index (χ2n) is 7.21. The van der Waals surface area contributed by atoms with Gasteiger partial charge in [0, 0.05) is 0 Å². The van der Waals surface area contributed by atoms with Crippen LogP contribution in [0.3, 0.4) is 0 Å². The van der Waals surface area contributed by atoms with Gasteiger partial charge in [0.15, 0.2) is 0 Å². The Balaban J connectivity index is 0.000000616. The Bertz CT molecular complexity index is 660. The van der Waals surface area contributed by atoms with Crippen molar-refractivity contribution >= 4 is 16.9 Å². The van der Waals surface area contributed by atoms with E-state index in [0.29, 0.717) is 16.1 Å². The molecule has 3 rings (SSSR count). The van der Waals surface area contributed by atoms with Crippen LogP contribution in [-0.2, 0) is 16.8 Å². The smallest absolute Gasteiger partial charge is 0.0149 e. The molecular weight excluding hydrogens is 370 g/mol. The van der Waals surface area contributed by atoms with Gasteiger partial charge in [0.1, 0.15) is 0 Å². The van der Waals surface area contributed by atoms with Gasteiger partial charge in [-0.25, -0.2) is 0 Å². The summed E-state index contributed by atoms with van der Waals surface area (Å²) in [7, 11) is 0. The molecule has 0 heterocycles. The molecule has 3 atom stereocenters. The molecule has 0 bridgehead atoms. The number of amides is 1. The van der Waals surface area contributed by atoms with Crippen molar-refractivity contribution < 1.29 is 21.6 Å². The second kappa shape index (κ2) is 10.7. The average molecular weight is 403 g/mol. The number of allylic oxidation sites excluding steroid dienone is 6. The Morgan fingerprint density at radius 2 is 1.69 bits per heavy atom. The van der Waals surface area contributed by atoms with Gasteiger partial charge in [0.2, 0.25) is 0 Å². The van der Waals surface area contributed by atoms with E-state index in [4.69, 9.17) is 0 Å². The fourth-order valence-corrected chi connectivity index (χ4v) is 8.72. The SMILES string of the molecule is C=CC=C.[CH3][Ti]([CH3])([NH]C(=O)c1ccccc1)[CH]1CCC2C=CC=CC21.[SiH4]. The van der Waals surface area contributed by atoms with Gasteiger partial charge in [0.05, 0.1) is 0 Å². The summed E-state index contributed by atoms with van der Waals surface area (Å²) >= 11 is -2.37. The summed E-state index contributed by atoms with van der Waals surface area (Å²) in [5.74, 6) is 1.44. The molecule has 1 aromatic carbocycles. The Kier molecular flexibility index (Phi) is 9.28. The van der Waals surface area contributed by atoms with Gasteiger partial charge >= 0.3 is 131 Å². The first-order valence-electron chi connectivity index (χ1n) is 8.95. The molecule has 0 saturated heterocycles. The van der Waals surface area contributed by atoms with Crippen molar-refractivity contribution in [2.45, 2.75) is 27.5 Å². The third-order valence-electron chi connectivity index (χ3n) is 5.14. The van der Waals surface area contributed by atoms with Gasteiger partial charge < -0.3 is 0 Å². The largest absolute Gasteiger partial charge is 0.0149 e. The van der Waals surface area contributed by atoms with Crippen LogP contribution in [-0.4, -0.2) is 16.9 Å². The molecule has 26 heavy (non-hydrogen) atoms. The summed E-state index contributed by atoms with van der Waals surface area (Å²) in [6.45, 7) is 6.72. The van der Waals surface area contributed by atoms with Gasteiger partial charge in [-0.1, -0.05) is 25.3 Å². The summed E-state index contributed by atoms with van der Waals surface area (Å²) in [5, 5.41) is 4.69. The topological polar surface area (TPSA) is 29.1 Å². The Morgan fingerprint density at radius 1 is 1.08 bits per heavy atom. The molecule has 0 spiro atoms. The predicted molar refractivity (Wildman–Crippen MR) is 116 cm³/mol. The monoisotopic (exact) mass is 403 g/mol. The van der Waals surface area contributed by atoms with Crippen LogP contribution in [0, 0.1) is 11.8 Å². The molecule has 0 radical (unpaired) electrons. The number of hydrogen-bond acceptors (Lipinski definition) is 1. The number of rotatable bonds is 4. The van der Waals surface area contributed by atoms with E-state index >= 15 is 0 Å². The first kappa shape index (κ1) is 22.6. The quantitative estimate of drug-likeness (QED) is 0.585. The van der Waals surface area contributed by atoms with Crippen LogP contribution in [0.25, 0.3) is 0 Å². The van der Waals surface area contributed by atoms with Crippen molar-refractivity contribution in [1.29, 1.82) is 0 Å². The number of carbonyl (C=O) groups is 1. The Labute approximate surface area is 166 Å². The van der Waals surface area contributed by atoms with Gasteiger partial charge in [-0.15, -0.1) is 0 Å². The van der Waals surface area contributed by atoms with Gasteiger partial charge in [-0.2, -0.15) is 0 Å². The molecule has 1 fully saturated rings. The number of benzene rings is 1. The van der Waals surface area contributed by atoms with E-state index in [1.807, 2.05) is 30.3 Å². The normalized spacial score (nSPS) is 22.9. The minimum Gasteiger partial charge on any atom is -0.0149 e. The van der Waals surface area contributed by atoms with Crippen molar-refractivity contribution in [1.82, 2.24) is 3.80 Å². The third kappa shape index (κ3) is 5.80. The third-order valence-corrected chi connectivity index (χ3v) is 10.4. The van der Waals surface area contributed by atoms with E-state index in [1.165, 1.54) is 12.8 Å². The molecule has 140 valence electrons. The van der Waals surface area contributed by atoms with Gasteiger partial charge in [-0.3, -0.25) is 0 Å². The van der Waals surface area contributed by atoms with E-state index in [9.17, 15) is 4.79 Å². The zero-order valence-corrected chi connectivity index (χ0v) is 16.9. The minimum absolute atomic E-state index is 0. The zero-order chi connectivity index (χ0) is 18.3. The van der Waals surface area contributed by atoms with Crippen molar-refractivity contribution in [3.8, 4) is 0 Å². The van der Waals surface area contributed by atoms with E-state index in [1.54, 1.807) is 12.2 Å². The standard InChI is InChI=1S/C9H11.C7H7NO.C4H6.2CH3.H4Si.Ti/c1-2-5-9-7-3-6-8(9)4-1;8-7(9)6-4-2-1-3-5-6;1-3-4-2;;;;/h1-2,4-6,8-9H,3,7H2;1-5H,(H2,8,9);3-4H,1-2H2;2*1H3;1H4;/q;;;;;;+1/p-1. The number of hydrogen-bond donors (Lipinski definition) is 1. The maximum atomic E-state index is 12.5. The predicted octanol–water partition coefficient (Wildman–Crippen LogP) is 4.43. The molecule has 1 saturated carbocycles. The Hall–Kier alpha value is -1.42. The van der Waals surface area contributed by atoms with Gasteiger partial charge in [-0.05, 0) is 11.0 Å². The molecule has 3 unspecified atom stereocenters. The summed E-state index contributed by atoms with van der Waals surface area (Å²) in [5.41, 5.74) is 0.782. The average Bonchev–Trinajstić information content (AvgIpc) is 3.07. The van der Waals surface area contributed by atoms with Gasteiger partial charge in [0.25, 0.3) is 0 Å². The van der Waals surface area contributed by atoms with E-state index in [0.717, 1.165) is 5.56 Å². The fraction of sp³-hybridized carbons (Fsp3) is 0.318. The van der Waals surface area contributed by atoms with Crippen LogP contribution >= 0.6 is 0 Å². The molecule has 0 aromatic heterocycles. The van der Waals surface area contributed by atoms with Crippen LogP contribution in [0.2, 0.25) is 14.7 Å². The molecule has 4 heteroatoms. The molecule has 1 amide bonds. The number of nitrogens with one attached hydrogen (secondary N) is 1. The summed E-state index contributed by atoms with van der Waals surface area (Å²) in [6.07, 6.45) is 14.9. The van der Waals surface area contributed by atoms with Crippen molar-refractivity contribution in [2.75, 3.05) is 0 Å².